The van der Waals surface area contributed by atoms with Crippen LogP contribution in [-0.4, -0.2) is 23.6 Å². The van der Waals surface area contributed by atoms with Crippen molar-refractivity contribution in [1.82, 2.24) is 0 Å². The molecule has 2 nitrogen and oxygen atoms in total. The molecule has 0 aromatic rings. The van der Waals surface area contributed by atoms with Gasteiger partial charge < -0.3 is 4.74 Å². The number of thioether (sulfide) groups is 1. The van der Waals surface area contributed by atoms with Gasteiger partial charge in [-0.05, 0) is 12.8 Å². The van der Waals surface area contributed by atoms with Crippen molar-refractivity contribution in [3.63, 3.8) is 0 Å². The van der Waals surface area contributed by atoms with Crippen LogP contribution in [0, 0.1) is 0 Å². The number of rotatable bonds is 4. The molecule has 0 radical (unpaired) electrons. The second-order valence-electron chi connectivity index (χ2n) is 3.63. The zero-order chi connectivity index (χ0) is 9.68. The van der Waals surface area contributed by atoms with E-state index in [-0.39, 0.29) is 5.97 Å². The van der Waals surface area contributed by atoms with Crippen LogP contribution < -0.4 is 0 Å². The number of ether oxygens (including phenoxy) is 1. The summed E-state index contributed by atoms with van der Waals surface area (Å²) >= 11 is 1.95. The summed E-state index contributed by atoms with van der Waals surface area (Å²) in [6.45, 7) is 2.11. The average Bonchev–Trinajstić information content (AvgIpc) is 2.56. The van der Waals surface area contributed by atoms with Gasteiger partial charge >= 0.3 is 5.97 Å². The second kappa shape index (κ2) is 5.53. The molecule has 0 N–H and O–H groups in total. The molecule has 0 heterocycles. The quantitative estimate of drug-likeness (QED) is 0.655. The van der Waals surface area contributed by atoms with Crippen LogP contribution in [-0.2, 0) is 9.53 Å². The minimum Gasteiger partial charge on any atom is -0.469 e. The Morgan fingerprint density at radius 1 is 1.54 bits per heavy atom. The first-order chi connectivity index (χ1) is 6.22. The van der Waals surface area contributed by atoms with Crippen molar-refractivity contribution in [2.45, 2.75) is 49.5 Å². The van der Waals surface area contributed by atoms with E-state index in [0.29, 0.717) is 11.7 Å². The van der Waals surface area contributed by atoms with Crippen LogP contribution in [0.3, 0.4) is 0 Å². The predicted molar refractivity (Wildman–Crippen MR) is 55.9 cm³/mol. The van der Waals surface area contributed by atoms with E-state index in [2.05, 4.69) is 11.7 Å². The first kappa shape index (κ1) is 10.9. The van der Waals surface area contributed by atoms with E-state index < -0.39 is 0 Å². The van der Waals surface area contributed by atoms with Gasteiger partial charge in [0.2, 0.25) is 0 Å². The lowest BCUT2D eigenvalue weighted by Crippen LogP contribution is -2.11. The van der Waals surface area contributed by atoms with Crippen molar-refractivity contribution >= 4 is 17.7 Å². The molecule has 76 valence electrons. The molecule has 1 atom stereocenters. The summed E-state index contributed by atoms with van der Waals surface area (Å²) < 4.78 is 4.63. The second-order valence-corrected chi connectivity index (χ2v) is 5.38. The Labute approximate surface area is 84.4 Å². The van der Waals surface area contributed by atoms with Crippen molar-refractivity contribution in [2.75, 3.05) is 7.11 Å². The van der Waals surface area contributed by atoms with Gasteiger partial charge in [0.15, 0.2) is 0 Å². The lowest BCUT2D eigenvalue weighted by atomic mass is 10.3. The van der Waals surface area contributed by atoms with Crippen LogP contribution in [0.5, 0.6) is 0 Å². The third kappa shape index (κ3) is 4.03. The predicted octanol–water partition coefficient (Wildman–Crippen LogP) is 2.61. The van der Waals surface area contributed by atoms with Gasteiger partial charge in [-0.15, -0.1) is 0 Å². The van der Waals surface area contributed by atoms with Crippen molar-refractivity contribution in [1.29, 1.82) is 0 Å². The van der Waals surface area contributed by atoms with Crippen LogP contribution in [0.25, 0.3) is 0 Å². The van der Waals surface area contributed by atoms with Crippen LogP contribution in [0.4, 0.5) is 0 Å². The maximum Gasteiger partial charge on any atom is 0.306 e. The number of hydrogen-bond donors (Lipinski definition) is 0. The summed E-state index contributed by atoms with van der Waals surface area (Å²) in [6, 6.07) is 0. The first-order valence-electron chi connectivity index (χ1n) is 4.94. The van der Waals surface area contributed by atoms with Gasteiger partial charge in [-0.3, -0.25) is 4.79 Å². The van der Waals surface area contributed by atoms with Crippen LogP contribution in [0.2, 0.25) is 0 Å². The third-order valence-electron chi connectivity index (χ3n) is 2.41. The highest BCUT2D eigenvalue weighted by Crippen LogP contribution is 2.33. The van der Waals surface area contributed by atoms with Crippen molar-refractivity contribution in [3.05, 3.63) is 0 Å². The maximum atomic E-state index is 11.0. The number of hydrogen-bond acceptors (Lipinski definition) is 3. The summed E-state index contributed by atoms with van der Waals surface area (Å²) in [5.41, 5.74) is 0. The summed E-state index contributed by atoms with van der Waals surface area (Å²) in [5.74, 6) is -0.0852. The van der Waals surface area contributed by atoms with E-state index in [1.54, 1.807) is 0 Å². The number of methoxy groups -OCH3 is 1. The van der Waals surface area contributed by atoms with Crippen LogP contribution >= 0.6 is 11.8 Å². The molecule has 0 saturated heterocycles. The van der Waals surface area contributed by atoms with E-state index in [1.165, 1.54) is 32.8 Å². The SMILES string of the molecule is COC(=O)CC(C)SC1CCCC1. The van der Waals surface area contributed by atoms with Crippen molar-refractivity contribution < 1.29 is 9.53 Å². The van der Waals surface area contributed by atoms with Gasteiger partial charge in [0.05, 0.1) is 13.5 Å². The minimum absolute atomic E-state index is 0.0852. The zero-order valence-electron chi connectivity index (χ0n) is 8.41. The fraction of sp³-hybridized carbons (Fsp3) is 0.900. The molecule has 1 saturated carbocycles. The van der Waals surface area contributed by atoms with E-state index in [4.69, 9.17) is 0 Å². The highest BCUT2D eigenvalue weighted by molar-refractivity contribution is 8.00. The fourth-order valence-corrected chi connectivity index (χ4v) is 3.21. The normalized spacial score (nSPS) is 20.2. The van der Waals surface area contributed by atoms with Gasteiger partial charge in [0.1, 0.15) is 0 Å². The Balaban J connectivity index is 2.16. The summed E-state index contributed by atoms with van der Waals surface area (Å²) in [4.78, 5) is 11.0. The molecule has 0 aromatic carbocycles. The topological polar surface area (TPSA) is 26.3 Å². The van der Waals surface area contributed by atoms with E-state index in [0.717, 1.165) is 5.25 Å². The van der Waals surface area contributed by atoms with Crippen LogP contribution in [0.15, 0.2) is 0 Å². The van der Waals surface area contributed by atoms with Crippen molar-refractivity contribution in [2.24, 2.45) is 0 Å². The lowest BCUT2D eigenvalue weighted by molar-refractivity contribution is -0.140. The molecular weight excluding hydrogens is 184 g/mol. The monoisotopic (exact) mass is 202 g/mol. The molecule has 3 heteroatoms. The number of carbonyl (C=O) groups is 1. The summed E-state index contributed by atoms with van der Waals surface area (Å²) in [5, 5.41) is 1.20. The molecule has 1 fully saturated rings. The Kier molecular flexibility index (Phi) is 4.64. The molecule has 1 aliphatic carbocycles. The lowest BCUT2D eigenvalue weighted by Gasteiger charge is -2.14. The molecule has 0 amide bonds. The Morgan fingerprint density at radius 2 is 2.15 bits per heavy atom. The molecule has 1 unspecified atom stereocenters. The Morgan fingerprint density at radius 3 is 2.69 bits per heavy atom. The van der Waals surface area contributed by atoms with Gasteiger partial charge in [-0.2, -0.15) is 11.8 Å². The third-order valence-corrected chi connectivity index (χ3v) is 3.90. The van der Waals surface area contributed by atoms with Gasteiger partial charge in [-0.25, -0.2) is 0 Å². The van der Waals surface area contributed by atoms with Gasteiger partial charge in [0.25, 0.3) is 0 Å². The Hall–Kier alpha value is -0.180. The molecular formula is C10H18O2S. The van der Waals surface area contributed by atoms with Gasteiger partial charge in [-0.1, -0.05) is 19.8 Å². The van der Waals surface area contributed by atoms with Crippen LogP contribution in [0.1, 0.15) is 39.0 Å². The summed E-state index contributed by atoms with van der Waals surface area (Å²) in [6.07, 6.45) is 5.94. The summed E-state index contributed by atoms with van der Waals surface area (Å²) in [7, 11) is 1.45. The maximum absolute atomic E-state index is 11.0. The molecule has 0 aromatic heterocycles. The first-order valence-corrected chi connectivity index (χ1v) is 5.89. The minimum atomic E-state index is -0.0852. The van der Waals surface area contributed by atoms with E-state index >= 15 is 0 Å². The molecule has 0 aliphatic heterocycles. The van der Waals surface area contributed by atoms with Crippen molar-refractivity contribution in [3.8, 4) is 0 Å². The zero-order valence-corrected chi connectivity index (χ0v) is 9.23. The average molecular weight is 202 g/mol. The largest absolute Gasteiger partial charge is 0.469 e. The standard InChI is InChI=1S/C10H18O2S/c1-8(7-10(11)12-2)13-9-5-3-4-6-9/h8-9H,3-7H2,1-2H3. The molecule has 0 spiro atoms. The highest BCUT2D eigenvalue weighted by Gasteiger charge is 2.19. The molecule has 13 heavy (non-hydrogen) atoms. The number of esters is 1. The van der Waals surface area contributed by atoms with Gasteiger partial charge in [0, 0.05) is 10.5 Å². The molecule has 1 aliphatic rings. The highest BCUT2D eigenvalue weighted by atomic mass is 32.2. The smallest absolute Gasteiger partial charge is 0.306 e. The van der Waals surface area contributed by atoms with E-state index in [9.17, 15) is 4.79 Å². The fourth-order valence-electron chi connectivity index (χ4n) is 1.72. The molecule has 0 bridgehead atoms. The number of carbonyl (C=O) groups excluding carboxylic acids is 1. The molecule has 1 rings (SSSR count). The van der Waals surface area contributed by atoms with E-state index in [1.807, 2.05) is 11.8 Å². The Bertz CT molecular complexity index is 164.